The first-order valence-electron chi connectivity index (χ1n) is 5.41. The van der Waals surface area contributed by atoms with Crippen LogP contribution in [0.1, 0.15) is 16.8 Å². The minimum atomic E-state index is -1.64. The standard InChI is InChI=1S/C12H11F2NO5/c1-20-9(16)5-8(12(18)19)15-11(17)10-6(13)3-2-4-7(10)14/h2-4,8H,5H2,1H3,(H,15,17)(H,18,19)/t8-/m0/s1. The van der Waals surface area contributed by atoms with Crippen molar-refractivity contribution in [2.75, 3.05) is 7.11 Å². The Morgan fingerprint density at radius 1 is 1.30 bits per heavy atom. The van der Waals surface area contributed by atoms with Crippen molar-refractivity contribution in [1.29, 1.82) is 0 Å². The lowest BCUT2D eigenvalue weighted by molar-refractivity contribution is -0.147. The Morgan fingerprint density at radius 3 is 2.30 bits per heavy atom. The van der Waals surface area contributed by atoms with Crippen molar-refractivity contribution in [2.24, 2.45) is 0 Å². The number of carboxylic acids is 1. The first-order chi connectivity index (χ1) is 9.36. The molecule has 0 saturated heterocycles. The molecule has 0 fully saturated rings. The predicted molar refractivity (Wildman–Crippen MR) is 61.9 cm³/mol. The summed E-state index contributed by atoms with van der Waals surface area (Å²) in [6.07, 6.45) is -0.659. The molecule has 1 amide bonds. The molecule has 1 aromatic carbocycles. The summed E-state index contributed by atoms with van der Waals surface area (Å²) in [6, 6.07) is 1.13. The monoisotopic (exact) mass is 287 g/mol. The van der Waals surface area contributed by atoms with Gasteiger partial charge in [-0.15, -0.1) is 0 Å². The van der Waals surface area contributed by atoms with Gasteiger partial charge in [0.1, 0.15) is 23.2 Å². The summed E-state index contributed by atoms with van der Waals surface area (Å²) in [5.41, 5.74) is -0.913. The summed E-state index contributed by atoms with van der Waals surface area (Å²) in [6.45, 7) is 0. The zero-order valence-corrected chi connectivity index (χ0v) is 10.4. The lowest BCUT2D eigenvalue weighted by Gasteiger charge is -2.13. The summed E-state index contributed by atoms with van der Waals surface area (Å²) in [4.78, 5) is 33.5. The van der Waals surface area contributed by atoms with E-state index in [4.69, 9.17) is 5.11 Å². The molecule has 0 saturated carbocycles. The second-order valence-electron chi connectivity index (χ2n) is 3.74. The van der Waals surface area contributed by atoms with E-state index in [2.05, 4.69) is 4.74 Å². The normalized spacial score (nSPS) is 11.6. The molecular weight excluding hydrogens is 276 g/mol. The lowest BCUT2D eigenvalue weighted by atomic mass is 10.1. The van der Waals surface area contributed by atoms with Gasteiger partial charge in [-0.1, -0.05) is 6.07 Å². The summed E-state index contributed by atoms with van der Waals surface area (Å²) in [5, 5.41) is 10.7. The number of carbonyl (C=O) groups is 3. The molecule has 0 spiro atoms. The number of rotatable bonds is 5. The number of ether oxygens (including phenoxy) is 1. The van der Waals surface area contributed by atoms with Gasteiger partial charge in [0, 0.05) is 0 Å². The highest BCUT2D eigenvalue weighted by atomic mass is 19.1. The zero-order valence-electron chi connectivity index (χ0n) is 10.4. The number of methoxy groups -OCH3 is 1. The number of hydrogen-bond donors (Lipinski definition) is 2. The molecular formula is C12H11F2NO5. The topological polar surface area (TPSA) is 92.7 Å². The molecule has 0 heterocycles. The van der Waals surface area contributed by atoms with Crippen molar-refractivity contribution in [3.8, 4) is 0 Å². The number of nitrogens with one attached hydrogen (secondary N) is 1. The maximum atomic E-state index is 13.3. The molecule has 0 aliphatic carbocycles. The van der Waals surface area contributed by atoms with Gasteiger partial charge in [-0.2, -0.15) is 0 Å². The third-order valence-electron chi connectivity index (χ3n) is 2.39. The minimum absolute atomic E-state index is 0.659. The van der Waals surface area contributed by atoms with Crippen LogP contribution in [0.25, 0.3) is 0 Å². The minimum Gasteiger partial charge on any atom is -0.480 e. The van der Waals surface area contributed by atoms with Gasteiger partial charge in [0.2, 0.25) is 0 Å². The van der Waals surface area contributed by atoms with Crippen LogP contribution in [0.2, 0.25) is 0 Å². The first-order valence-corrected chi connectivity index (χ1v) is 5.41. The Hall–Kier alpha value is -2.51. The molecule has 6 nitrogen and oxygen atoms in total. The largest absolute Gasteiger partial charge is 0.480 e. The average molecular weight is 287 g/mol. The van der Waals surface area contributed by atoms with Crippen molar-refractivity contribution in [3.05, 3.63) is 35.4 Å². The Morgan fingerprint density at radius 2 is 1.85 bits per heavy atom. The quantitative estimate of drug-likeness (QED) is 0.778. The van der Waals surface area contributed by atoms with Crippen LogP contribution >= 0.6 is 0 Å². The van der Waals surface area contributed by atoms with Gasteiger partial charge in [-0.25, -0.2) is 13.6 Å². The van der Waals surface area contributed by atoms with Crippen molar-refractivity contribution >= 4 is 17.8 Å². The number of halogens is 2. The molecule has 0 aliphatic heterocycles. The van der Waals surface area contributed by atoms with Gasteiger partial charge in [0.15, 0.2) is 0 Å². The average Bonchev–Trinajstić information content (AvgIpc) is 2.37. The molecule has 0 radical (unpaired) electrons. The molecule has 0 aromatic heterocycles. The van der Waals surface area contributed by atoms with Crippen LogP contribution in [0.5, 0.6) is 0 Å². The lowest BCUT2D eigenvalue weighted by Crippen LogP contribution is -2.43. The highest BCUT2D eigenvalue weighted by molar-refractivity contribution is 5.97. The van der Waals surface area contributed by atoms with E-state index in [-0.39, 0.29) is 0 Å². The van der Waals surface area contributed by atoms with Gasteiger partial charge < -0.3 is 15.2 Å². The van der Waals surface area contributed by atoms with Crippen molar-refractivity contribution in [3.63, 3.8) is 0 Å². The van der Waals surface area contributed by atoms with E-state index >= 15 is 0 Å². The fourth-order valence-electron chi connectivity index (χ4n) is 1.40. The Balaban J connectivity index is 2.91. The smallest absolute Gasteiger partial charge is 0.326 e. The SMILES string of the molecule is COC(=O)C[C@H](NC(=O)c1c(F)cccc1F)C(=O)O. The maximum Gasteiger partial charge on any atom is 0.326 e. The van der Waals surface area contributed by atoms with Gasteiger partial charge in [0.25, 0.3) is 5.91 Å². The van der Waals surface area contributed by atoms with E-state index in [0.717, 1.165) is 25.3 Å². The highest BCUT2D eigenvalue weighted by Gasteiger charge is 2.26. The van der Waals surface area contributed by atoms with Gasteiger partial charge in [-0.3, -0.25) is 9.59 Å². The molecule has 2 N–H and O–H groups in total. The second-order valence-corrected chi connectivity index (χ2v) is 3.74. The van der Waals surface area contributed by atoms with Gasteiger partial charge in [-0.05, 0) is 12.1 Å². The van der Waals surface area contributed by atoms with Crippen LogP contribution < -0.4 is 5.32 Å². The van der Waals surface area contributed by atoms with E-state index < -0.39 is 47.5 Å². The third-order valence-corrected chi connectivity index (χ3v) is 2.39. The number of amides is 1. The number of esters is 1. The molecule has 0 bridgehead atoms. The Bertz CT molecular complexity index is 526. The number of hydrogen-bond acceptors (Lipinski definition) is 4. The van der Waals surface area contributed by atoms with Crippen LogP contribution in [0.3, 0.4) is 0 Å². The molecule has 0 aliphatic rings. The fraction of sp³-hybridized carbons (Fsp3) is 0.250. The molecule has 20 heavy (non-hydrogen) atoms. The molecule has 1 atom stereocenters. The van der Waals surface area contributed by atoms with Gasteiger partial charge in [0.05, 0.1) is 13.5 Å². The van der Waals surface area contributed by atoms with Crippen molar-refractivity contribution in [2.45, 2.75) is 12.5 Å². The number of carbonyl (C=O) groups excluding carboxylic acids is 2. The van der Waals surface area contributed by atoms with Crippen molar-refractivity contribution < 1.29 is 33.0 Å². The number of benzene rings is 1. The Kier molecular flexibility index (Phi) is 5.13. The van der Waals surface area contributed by atoms with Crippen LogP contribution in [-0.4, -0.2) is 36.1 Å². The van der Waals surface area contributed by atoms with Crippen LogP contribution in [-0.2, 0) is 14.3 Å². The number of carboxylic acid groups (broad SMARTS) is 1. The second kappa shape index (κ2) is 6.60. The zero-order chi connectivity index (χ0) is 15.3. The van der Waals surface area contributed by atoms with Gasteiger partial charge >= 0.3 is 11.9 Å². The van der Waals surface area contributed by atoms with Crippen LogP contribution in [0.4, 0.5) is 8.78 Å². The van der Waals surface area contributed by atoms with Crippen LogP contribution in [0, 0.1) is 11.6 Å². The first kappa shape index (κ1) is 15.5. The highest BCUT2D eigenvalue weighted by Crippen LogP contribution is 2.12. The van der Waals surface area contributed by atoms with E-state index in [1.807, 2.05) is 5.32 Å². The summed E-state index contributed by atoms with van der Waals surface area (Å²) < 4.78 is 30.9. The number of aliphatic carboxylic acids is 1. The van der Waals surface area contributed by atoms with E-state index in [0.29, 0.717) is 0 Å². The summed E-state index contributed by atoms with van der Waals surface area (Å²) in [7, 11) is 1.04. The fourth-order valence-corrected chi connectivity index (χ4v) is 1.40. The molecule has 1 aromatic rings. The maximum absolute atomic E-state index is 13.3. The van der Waals surface area contributed by atoms with Crippen molar-refractivity contribution in [1.82, 2.24) is 5.32 Å². The van der Waals surface area contributed by atoms with E-state index in [1.54, 1.807) is 0 Å². The van der Waals surface area contributed by atoms with E-state index in [1.165, 1.54) is 0 Å². The van der Waals surface area contributed by atoms with E-state index in [9.17, 15) is 23.2 Å². The third kappa shape index (κ3) is 3.74. The molecule has 108 valence electrons. The Labute approximate surface area is 112 Å². The molecule has 8 heteroatoms. The van der Waals surface area contributed by atoms with Crippen LogP contribution in [0.15, 0.2) is 18.2 Å². The summed E-state index contributed by atoms with van der Waals surface area (Å²) >= 11 is 0. The predicted octanol–water partition coefficient (Wildman–Crippen LogP) is 0.711. The molecule has 1 rings (SSSR count). The summed E-state index contributed by atoms with van der Waals surface area (Å²) in [5.74, 6) is -5.95. The molecule has 0 unspecified atom stereocenters.